The van der Waals surface area contributed by atoms with E-state index in [1.54, 1.807) is 0 Å². The highest BCUT2D eigenvalue weighted by Gasteiger charge is 2.33. The van der Waals surface area contributed by atoms with Gasteiger partial charge < -0.3 is 11.1 Å². The lowest BCUT2D eigenvalue weighted by atomic mass is 9.84. The Morgan fingerprint density at radius 2 is 2.16 bits per heavy atom. The van der Waals surface area contributed by atoms with Crippen molar-refractivity contribution < 1.29 is 9.59 Å². The molecule has 1 aliphatic rings. The molecule has 0 radical (unpaired) electrons. The molecule has 5 nitrogen and oxygen atoms in total. The maximum Gasteiger partial charge on any atom is 0.328 e. The van der Waals surface area contributed by atoms with E-state index in [4.69, 9.17) is 5.73 Å². The third-order valence-corrected chi connectivity index (χ3v) is 3.62. The van der Waals surface area contributed by atoms with Crippen molar-refractivity contribution in [1.82, 2.24) is 5.32 Å². The summed E-state index contributed by atoms with van der Waals surface area (Å²) in [7, 11) is 1.51. The smallest absolute Gasteiger partial charge is 0.328 e. The van der Waals surface area contributed by atoms with E-state index in [-0.39, 0.29) is 17.7 Å². The van der Waals surface area contributed by atoms with E-state index in [0.29, 0.717) is 12.2 Å². The van der Waals surface area contributed by atoms with E-state index in [0.717, 1.165) is 11.1 Å². The number of nitrogens with one attached hydrogen (secondary N) is 1. The zero-order valence-electron chi connectivity index (χ0n) is 11.5. The van der Waals surface area contributed by atoms with Crippen molar-refractivity contribution in [1.29, 1.82) is 0 Å². The van der Waals surface area contributed by atoms with Gasteiger partial charge in [0, 0.05) is 19.0 Å². The van der Waals surface area contributed by atoms with E-state index in [1.807, 2.05) is 18.2 Å². The predicted molar refractivity (Wildman–Crippen MR) is 74.2 cm³/mol. The molecule has 0 bridgehead atoms. The molecule has 0 fully saturated rings. The van der Waals surface area contributed by atoms with Crippen LogP contribution in [0.3, 0.4) is 0 Å². The molecule has 3 N–H and O–H groups in total. The number of nitrogens with zero attached hydrogens (tertiary/aromatic N) is 1. The van der Waals surface area contributed by atoms with E-state index >= 15 is 0 Å². The van der Waals surface area contributed by atoms with Crippen LogP contribution in [0.25, 0.3) is 0 Å². The number of fused-ring (bicyclic) bond motifs is 1. The molecule has 1 heterocycles. The summed E-state index contributed by atoms with van der Waals surface area (Å²) in [5, 5.41) is 2.48. The van der Waals surface area contributed by atoms with Gasteiger partial charge in [-0.3, -0.25) is 4.79 Å². The third-order valence-electron chi connectivity index (χ3n) is 3.62. The molecular formula is C14H19N3O2. The van der Waals surface area contributed by atoms with Crippen LogP contribution in [0.5, 0.6) is 0 Å². The molecule has 0 saturated heterocycles. The quantitative estimate of drug-likeness (QED) is 0.838. The maximum atomic E-state index is 11.9. The number of rotatable bonds is 2. The zero-order chi connectivity index (χ0) is 14.2. The number of anilines is 1. The molecule has 0 saturated carbocycles. The summed E-state index contributed by atoms with van der Waals surface area (Å²) < 4.78 is 0. The molecular weight excluding hydrogens is 242 g/mol. The number of nitrogens with two attached hydrogens (primary N) is 1. The molecule has 5 heteroatoms. The average Bonchev–Trinajstić information content (AvgIpc) is 2.72. The molecule has 1 aliphatic heterocycles. The molecule has 0 spiro atoms. The zero-order valence-corrected chi connectivity index (χ0v) is 11.5. The monoisotopic (exact) mass is 261 g/mol. The SMILES string of the molecule is CNC(=O)N1C(=O)Cc2cc(C(C)(C)CN)ccc21. The van der Waals surface area contributed by atoms with Gasteiger partial charge in [0.1, 0.15) is 0 Å². The molecule has 2 rings (SSSR count). The second-order valence-corrected chi connectivity index (χ2v) is 5.39. The van der Waals surface area contributed by atoms with Gasteiger partial charge in [0.15, 0.2) is 0 Å². The second-order valence-electron chi connectivity index (χ2n) is 5.39. The fourth-order valence-electron chi connectivity index (χ4n) is 2.19. The number of imide groups is 1. The summed E-state index contributed by atoms with van der Waals surface area (Å²) in [4.78, 5) is 24.8. The molecule has 3 amide bonds. The van der Waals surface area contributed by atoms with Gasteiger partial charge in [0.05, 0.1) is 12.1 Å². The first-order valence-corrected chi connectivity index (χ1v) is 6.29. The van der Waals surface area contributed by atoms with Crippen LogP contribution in [0.2, 0.25) is 0 Å². The van der Waals surface area contributed by atoms with Crippen LogP contribution in [0, 0.1) is 0 Å². The van der Waals surface area contributed by atoms with Crippen LogP contribution < -0.4 is 16.0 Å². The van der Waals surface area contributed by atoms with E-state index < -0.39 is 6.03 Å². The van der Waals surface area contributed by atoms with Crippen molar-refractivity contribution in [3.63, 3.8) is 0 Å². The van der Waals surface area contributed by atoms with Gasteiger partial charge in [0.25, 0.3) is 0 Å². The van der Waals surface area contributed by atoms with E-state index in [9.17, 15) is 9.59 Å². The van der Waals surface area contributed by atoms with Crippen molar-refractivity contribution >= 4 is 17.6 Å². The topological polar surface area (TPSA) is 75.4 Å². The highest BCUT2D eigenvalue weighted by molar-refractivity contribution is 6.18. The molecule has 1 aromatic rings. The van der Waals surface area contributed by atoms with Crippen LogP contribution in [0.4, 0.5) is 10.5 Å². The minimum Gasteiger partial charge on any atom is -0.340 e. The standard InChI is InChI=1S/C14H19N3O2/c1-14(2,8-15)10-4-5-11-9(6-10)7-12(18)17(11)13(19)16-3/h4-6H,7-8,15H2,1-3H3,(H,16,19). The Hall–Kier alpha value is -1.88. The number of carbonyl (C=O) groups is 2. The fourth-order valence-corrected chi connectivity index (χ4v) is 2.19. The third kappa shape index (κ3) is 2.21. The Balaban J connectivity index is 2.43. The predicted octanol–water partition coefficient (Wildman–Crippen LogP) is 1.15. The van der Waals surface area contributed by atoms with Crippen molar-refractivity contribution in [3.8, 4) is 0 Å². The fraction of sp³-hybridized carbons (Fsp3) is 0.429. The largest absolute Gasteiger partial charge is 0.340 e. The van der Waals surface area contributed by atoms with Crippen molar-refractivity contribution in [2.75, 3.05) is 18.5 Å². The number of amides is 3. The Kier molecular flexibility index (Phi) is 3.32. The molecule has 0 atom stereocenters. The summed E-state index contributed by atoms with van der Waals surface area (Å²) in [5.74, 6) is -0.197. The average molecular weight is 261 g/mol. The lowest BCUT2D eigenvalue weighted by Gasteiger charge is -2.24. The molecule has 1 aromatic carbocycles. The lowest BCUT2D eigenvalue weighted by molar-refractivity contribution is -0.116. The minimum atomic E-state index is -0.394. The Labute approximate surface area is 112 Å². The molecule has 0 unspecified atom stereocenters. The first kappa shape index (κ1) is 13.5. The number of hydrogen-bond acceptors (Lipinski definition) is 3. The summed E-state index contributed by atoms with van der Waals surface area (Å²) >= 11 is 0. The second kappa shape index (κ2) is 4.66. The summed E-state index contributed by atoms with van der Waals surface area (Å²) in [6.07, 6.45) is 0.261. The number of benzene rings is 1. The van der Waals surface area contributed by atoms with E-state index in [1.165, 1.54) is 11.9 Å². The molecule has 19 heavy (non-hydrogen) atoms. The normalized spacial score (nSPS) is 14.5. The molecule has 0 aromatic heterocycles. The summed E-state index contributed by atoms with van der Waals surface area (Å²) in [6.45, 7) is 4.64. The van der Waals surface area contributed by atoms with Crippen molar-refractivity contribution in [2.24, 2.45) is 5.73 Å². The van der Waals surface area contributed by atoms with E-state index in [2.05, 4.69) is 19.2 Å². The van der Waals surface area contributed by atoms with Gasteiger partial charge in [-0.05, 0) is 17.2 Å². The van der Waals surface area contributed by atoms with Gasteiger partial charge in [-0.2, -0.15) is 0 Å². The van der Waals surface area contributed by atoms with Crippen LogP contribution in [-0.2, 0) is 16.6 Å². The first-order chi connectivity index (χ1) is 8.90. The Morgan fingerprint density at radius 1 is 1.47 bits per heavy atom. The summed E-state index contributed by atoms with van der Waals surface area (Å²) in [6, 6.07) is 5.33. The van der Waals surface area contributed by atoms with Crippen LogP contribution in [0.1, 0.15) is 25.0 Å². The number of hydrogen-bond donors (Lipinski definition) is 2. The van der Waals surface area contributed by atoms with Crippen LogP contribution in [-0.4, -0.2) is 25.5 Å². The number of carbonyl (C=O) groups excluding carboxylic acids is 2. The van der Waals surface area contributed by atoms with Gasteiger partial charge in [-0.1, -0.05) is 26.0 Å². The van der Waals surface area contributed by atoms with Gasteiger partial charge in [0.2, 0.25) is 5.91 Å². The van der Waals surface area contributed by atoms with Gasteiger partial charge >= 0.3 is 6.03 Å². The minimum absolute atomic E-state index is 0.140. The Morgan fingerprint density at radius 3 is 2.74 bits per heavy atom. The highest BCUT2D eigenvalue weighted by Crippen LogP contribution is 2.33. The maximum absolute atomic E-state index is 11.9. The first-order valence-electron chi connectivity index (χ1n) is 6.29. The van der Waals surface area contributed by atoms with Gasteiger partial charge in [-0.15, -0.1) is 0 Å². The lowest BCUT2D eigenvalue weighted by Crippen LogP contribution is -2.40. The van der Waals surface area contributed by atoms with Crippen LogP contribution >= 0.6 is 0 Å². The Bertz CT molecular complexity index is 537. The van der Waals surface area contributed by atoms with Gasteiger partial charge in [-0.25, -0.2) is 9.69 Å². The van der Waals surface area contributed by atoms with Crippen molar-refractivity contribution in [3.05, 3.63) is 29.3 Å². The molecule has 0 aliphatic carbocycles. The number of urea groups is 1. The van der Waals surface area contributed by atoms with Crippen LogP contribution in [0.15, 0.2) is 18.2 Å². The molecule has 102 valence electrons. The summed E-state index contributed by atoms with van der Waals surface area (Å²) in [5.41, 5.74) is 8.26. The highest BCUT2D eigenvalue weighted by atomic mass is 16.2. The van der Waals surface area contributed by atoms with Crippen molar-refractivity contribution in [2.45, 2.75) is 25.7 Å².